The Labute approximate surface area is 150 Å². The summed E-state index contributed by atoms with van der Waals surface area (Å²) in [6.45, 7) is 1.74. The number of hydrogen-bond donors (Lipinski definition) is 0. The molecule has 1 heterocycles. The topological polar surface area (TPSA) is 63.7 Å². The van der Waals surface area contributed by atoms with E-state index in [4.69, 9.17) is 4.74 Å². The van der Waals surface area contributed by atoms with Crippen molar-refractivity contribution in [1.82, 2.24) is 4.31 Å². The van der Waals surface area contributed by atoms with Crippen LogP contribution < -0.4 is 0 Å². The average molecular weight is 391 g/mol. The van der Waals surface area contributed by atoms with Crippen LogP contribution in [0.25, 0.3) is 0 Å². The summed E-state index contributed by atoms with van der Waals surface area (Å²) in [5, 5.41) is 0. The lowest BCUT2D eigenvalue weighted by molar-refractivity contribution is -0.144. The molecule has 1 aliphatic heterocycles. The van der Waals surface area contributed by atoms with Gasteiger partial charge in [0.15, 0.2) is 0 Å². The molecule has 0 amide bonds. The average Bonchev–Trinajstić information content (AvgIpc) is 3.12. The highest BCUT2D eigenvalue weighted by Crippen LogP contribution is 2.47. The number of fused-ring (bicyclic) bond motifs is 1. The number of nitrogens with zero attached hydrogens (tertiary/aromatic N) is 1. The van der Waals surface area contributed by atoms with E-state index in [1.165, 1.54) is 4.31 Å². The van der Waals surface area contributed by atoms with Crippen molar-refractivity contribution in [1.29, 1.82) is 0 Å². The van der Waals surface area contributed by atoms with Gasteiger partial charge in [-0.05, 0) is 43.5 Å². The standard InChI is InChI=1S/C17H20F3NO4S/c1-2-25-16(22)10-14-13-9-11(17(18,19)20)7-8-15(13)26(23,24)21(14)12-5-3-4-6-12/h7-9,12,14H,2-6,10H2,1H3/t14-/m0/s1. The molecular weight excluding hydrogens is 371 g/mol. The molecule has 0 radical (unpaired) electrons. The van der Waals surface area contributed by atoms with Gasteiger partial charge in [-0.25, -0.2) is 8.42 Å². The van der Waals surface area contributed by atoms with E-state index in [9.17, 15) is 26.4 Å². The van der Waals surface area contributed by atoms with E-state index in [1.54, 1.807) is 6.92 Å². The van der Waals surface area contributed by atoms with Crippen molar-refractivity contribution in [2.75, 3.05) is 6.61 Å². The van der Waals surface area contributed by atoms with Crippen LogP contribution in [0.1, 0.15) is 56.2 Å². The van der Waals surface area contributed by atoms with Crippen molar-refractivity contribution in [2.24, 2.45) is 0 Å². The van der Waals surface area contributed by atoms with Crippen LogP contribution >= 0.6 is 0 Å². The molecule has 1 atom stereocenters. The van der Waals surface area contributed by atoms with Gasteiger partial charge in [-0.15, -0.1) is 0 Å². The molecule has 5 nitrogen and oxygen atoms in total. The van der Waals surface area contributed by atoms with Crippen molar-refractivity contribution in [3.05, 3.63) is 29.3 Å². The number of carbonyl (C=O) groups is 1. The minimum Gasteiger partial charge on any atom is -0.466 e. The van der Waals surface area contributed by atoms with Crippen LogP contribution in [-0.2, 0) is 25.7 Å². The van der Waals surface area contributed by atoms with Gasteiger partial charge in [-0.1, -0.05) is 12.8 Å². The first-order valence-corrected chi connectivity index (χ1v) is 10.0. The van der Waals surface area contributed by atoms with Crippen LogP contribution in [0.2, 0.25) is 0 Å². The van der Waals surface area contributed by atoms with Crippen molar-refractivity contribution in [3.8, 4) is 0 Å². The summed E-state index contributed by atoms with van der Waals surface area (Å²) in [7, 11) is -3.94. The van der Waals surface area contributed by atoms with Gasteiger partial charge in [0.05, 0.1) is 29.5 Å². The van der Waals surface area contributed by atoms with Gasteiger partial charge < -0.3 is 4.74 Å². The lowest BCUT2D eigenvalue weighted by atomic mass is 9.99. The molecule has 0 unspecified atom stereocenters. The molecule has 0 spiro atoms. The zero-order valence-corrected chi connectivity index (χ0v) is 15.1. The van der Waals surface area contributed by atoms with Crippen LogP contribution in [0.5, 0.6) is 0 Å². The number of benzene rings is 1. The molecule has 0 aromatic heterocycles. The smallest absolute Gasteiger partial charge is 0.416 e. The van der Waals surface area contributed by atoms with Gasteiger partial charge in [-0.2, -0.15) is 17.5 Å². The first-order chi connectivity index (χ1) is 12.2. The number of sulfonamides is 1. The molecule has 1 fully saturated rings. The second-order valence-electron chi connectivity index (χ2n) is 6.55. The highest BCUT2D eigenvalue weighted by atomic mass is 32.2. The van der Waals surface area contributed by atoms with E-state index in [0.717, 1.165) is 31.0 Å². The maximum absolute atomic E-state index is 13.1. The Bertz CT molecular complexity index is 801. The van der Waals surface area contributed by atoms with Crippen LogP contribution in [0.4, 0.5) is 13.2 Å². The fourth-order valence-corrected chi connectivity index (χ4v) is 5.91. The lowest BCUT2D eigenvalue weighted by Crippen LogP contribution is -2.37. The highest BCUT2D eigenvalue weighted by Gasteiger charge is 2.48. The molecule has 3 rings (SSSR count). The molecule has 1 saturated carbocycles. The molecule has 1 aromatic rings. The predicted octanol–water partition coefficient (Wildman–Crippen LogP) is 3.65. The van der Waals surface area contributed by atoms with Crippen LogP contribution in [0.3, 0.4) is 0 Å². The number of rotatable bonds is 4. The Hall–Kier alpha value is -1.61. The predicted molar refractivity (Wildman–Crippen MR) is 86.7 cm³/mol. The fraction of sp³-hybridized carbons (Fsp3) is 0.588. The second-order valence-corrected chi connectivity index (χ2v) is 8.36. The molecular formula is C17H20F3NO4S. The maximum atomic E-state index is 13.1. The number of halogens is 3. The lowest BCUT2D eigenvalue weighted by Gasteiger charge is -2.28. The van der Waals surface area contributed by atoms with Gasteiger partial charge in [0, 0.05) is 6.04 Å². The largest absolute Gasteiger partial charge is 0.466 e. The van der Waals surface area contributed by atoms with Gasteiger partial charge in [-0.3, -0.25) is 4.79 Å². The van der Waals surface area contributed by atoms with Gasteiger partial charge >= 0.3 is 12.1 Å². The molecule has 26 heavy (non-hydrogen) atoms. The maximum Gasteiger partial charge on any atom is 0.416 e. The number of hydrogen-bond acceptors (Lipinski definition) is 4. The third-order valence-corrected chi connectivity index (χ3v) is 6.94. The van der Waals surface area contributed by atoms with Crippen LogP contribution in [0.15, 0.2) is 23.1 Å². The molecule has 0 saturated heterocycles. The summed E-state index contributed by atoms with van der Waals surface area (Å²) < 4.78 is 71.4. The first kappa shape index (κ1) is 19.2. The minimum absolute atomic E-state index is 0.0276. The van der Waals surface area contributed by atoms with Gasteiger partial charge in [0.25, 0.3) is 0 Å². The monoisotopic (exact) mass is 391 g/mol. The molecule has 2 aliphatic rings. The first-order valence-electron chi connectivity index (χ1n) is 8.56. The zero-order chi connectivity index (χ0) is 19.1. The third kappa shape index (κ3) is 3.34. The Morgan fingerprint density at radius 1 is 1.27 bits per heavy atom. The summed E-state index contributed by atoms with van der Waals surface area (Å²) >= 11 is 0. The summed E-state index contributed by atoms with van der Waals surface area (Å²) in [5.74, 6) is -0.624. The highest BCUT2D eigenvalue weighted by molar-refractivity contribution is 7.89. The molecule has 144 valence electrons. The van der Waals surface area contributed by atoms with E-state index in [2.05, 4.69) is 0 Å². The van der Waals surface area contributed by atoms with E-state index in [-0.39, 0.29) is 29.5 Å². The van der Waals surface area contributed by atoms with Crippen molar-refractivity contribution >= 4 is 16.0 Å². The molecule has 1 aliphatic carbocycles. The van der Waals surface area contributed by atoms with E-state index >= 15 is 0 Å². The van der Waals surface area contributed by atoms with Crippen molar-refractivity contribution < 1.29 is 31.1 Å². The molecule has 0 bridgehead atoms. The Balaban J connectivity index is 2.09. The summed E-state index contributed by atoms with van der Waals surface area (Å²) in [6.07, 6.45) is -1.90. The molecule has 9 heteroatoms. The fourth-order valence-electron chi connectivity index (χ4n) is 3.83. The Morgan fingerprint density at radius 3 is 2.50 bits per heavy atom. The minimum atomic E-state index is -4.59. The van der Waals surface area contributed by atoms with Gasteiger partial charge in [0.1, 0.15) is 0 Å². The number of ether oxygens (including phenoxy) is 1. The van der Waals surface area contributed by atoms with Crippen molar-refractivity contribution in [2.45, 2.75) is 62.2 Å². The van der Waals surface area contributed by atoms with Crippen LogP contribution in [-0.4, -0.2) is 31.3 Å². The summed E-state index contributed by atoms with van der Waals surface area (Å²) in [4.78, 5) is 11.8. The number of esters is 1. The van der Waals surface area contributed by atoms with E-state index in [1.807, 2.05) is 0 Å². The third-order valence-electron chi connectivity index (χ3n) is 4.91. The SMILES string of the molecule is CCOC(=O)C[C@H]1c2cc(C(F)(F)F)ccc2S(=O)(=O)N1C1CCCC1. The van der Waals surface area contributed by atoms with Gasteiger partial charge in [0.2, 0.25) is 10.0 Å². The normalized spacial score (nSPS) is 23.2. The van der Waals surface area contributed by atoms with E-state index in [0.29, 0.717) is 12.8 Å². The molecule has 0 N–H and O–H groups in total. The van der Waals surface area contributed by atoms with E-state index < -0.39 is 33.8 Å². The summed E-state index contributed by atoms with van der Waals surface area (Å²) in [6, 6.07) is 1.36. The summed E-state index contributed by atoms with van der Waals surface area (Å²) in [5.41, 5.74) is -0.895. The Morgan fingerprint density at radius 2 is 1.92 bits per heavy atom. The number of alkyl halides is 3. The Kier molecular flexibility index (Phi) is 5.04. The quantitative estimate of drug-likeness (QED) is 0.735. The number of carbonyl (C=O) groups excluding carboxylic acids is 1. The van der Waals surface area contributed by atoms with Crippen molar-refractivity contribution in [3.63, 3.8) is 0 Å². The second kappa shape index (κ2) is 6.84. The van der Waals surface area contributed by atoms with Crippen LogP contribution in [0, 0.1) is 0 Å². The zero-order valence-electron chi connectivity index (χ0n) is 14.3. The molecule has 1 aromatic carbocycles.